The second-order valence-corrected chi connectivity index (χ2v) is 2.48. The van der Waals surface area contributed by atoms with Crippen LogP contribution in [0.15, 0.2) is 0 Å². The minimum absolute atomic E-state index is 0.458. The fourth-order valence-electron chi connectivity index (χ4n) is 0.891. The number of hydrogen-bond donors (Lipinski definition) is 3. The SMILES string of the molecule is CCCN(CCCN)N(O)N[O-]. The van der Waals surface area contributed by atoms with Crippen LogP contribution >= 0.6 is 0 Å². The molecule has 0 spiro atoms. The van der Waals surface area contributed by atoms with Crippen molar-refractivity contribution in [1.82, 2.24) is 15.9 Å². The summed E-state index contributed by atoms with van der Waals surface area (Å²) in [6.07, 6.45) is 1.61. The van der Waals surface area contributed by atoms with Gasteiger partial charge < -0.3 is 10.9 Å². The Kier molecular flexibility index (Phi) is 7.26. The van der Waals surface area contributed by atoms with Crippen molar-refractivity contribution in [2.75, 3.05) is 19.6 Å². The van der Waals surface area contributed by atoms with Crippen molar-refractivity contribution in [2.45, 2.75) is 19.8 Å². The minimum atomic E-state index is 0.458. The quantitative estimate of drug-likeness (QED) is 0.461. The van der Waals surface area contributed by atoms with Crippen molar-refractivity contribution < 1.29 is 5.21 Å². The van der Waals surface area contributed by atoms with E-state index in [1.807, 2.05) is 6.92 Å². The van der Waals surface area contributed by atoms with Gasteiger partial charge in [-0.15, -0.1) is 0 Å². The van der Waals surface area contributed by atoms with E-state index in [1.165, 1.54) is 10.6 Å². The predicted octanol–water partition coefficient (Wildman–Crippen LogP) is -0.344. The van der Waals surface area contributed by atoms with Gasteiger partial charge in [-0.25, -0.2) is 5.01 Å². The molecule has 4 N–H and O–H groups in total. The summed E-state index contributed by atoms with van der Waals surface area (Å²) in [5.41, 5.74) is 6.67. The first kappa shape index (κ1) is 11.8. The molecule has 0 radical (unpaired) electrons. The lowest BCUT2D eigenvalue weighted by Gasteiger charge is -2.31. The van der Waals surface area contributed by atoms with Crippen molar-refractivity contribution in [1.29, 1.82) is 0 Å². The first-order valence-electron chi connectivity index (χ1n) is 4.08. The van der Waals surface area contributed by atoms with Crippen LogP contribution in [-0.4, -0.2) is 35.1 Å². The molecule has 0 fully saturated rings. The van der Waals surface area contributed by atoms with Crippen molar-refractivity contribution in [2.24, 2.45) is 5.73 Å². The Morgan fingerprint density at radius 3 is 2.58 bits per heavy atom. The van der Waals surface area contributed by atoms with Gasteiger partial charge in [0, 0.05) is 13.1 Å². The number of hydrogen-bond acceptors (Lipinski definition) is 6. The molecule has 0 rings (SSSR count). The molecule has 12 heavy (non-hydrogen) atoms. The molecule has 0 aliphatic rings. The predicted molar refractivity (Wildman–Crippen MR) is 45.7 cm³/mol. The molecule has 0 amide bonds. The van der Waals surface area contributed by atoms with Crippen LogP contribution in [0, 0.1) is 5.21 Å². The van der Waals surface area contributed by atoms with Crippen molar-refractivity contribution in [3.05, 3.63) is 5.21 Å². The van der Waals surface area contributed by atoms with Crippen LogP contribution in [0.3, 0.4) is 0 Å². The van der Waals surface area contributed by atoms with E-state index in [-0.39, 0.29) is 0 Å². The molecule has 0 aromatic rings. The molecule has 6 heteroatoms. The second-order valence-electron chi connectivity index (χ2n) is 2.48. The van der Waals surface area contributed by atoms with Crippen LogP contribution in [0.25, 0.3) is 0 Å². The molecule has 0 aliphatic heterocycles. The van der Waals surface area contributed by atoms with Gasteiger partial charge in [0.1, 0.15) is 0 Å². The van der Waals surface area contributed by atoms with Crippen LogP contribution in [-0.2, 0) is 0 Å². The summed E-state index contributed by atoms with van der Waals surface area (Å²) in [5, 5.41) is 21.0. The molecule has 0 aromatic carbocycles. The van der Waals surface area contributed by atoms with Gasteiger partial charge in [-0.3, -0.25) is 10.8 Å². The summed E-state index contributed by atoms with van der Waals surface area (Å²) < 4.78 is 0. The van der Waals surface area contributed by atoms with E-state index >= 15 is 0 Å². The third-order valence-corrected chi connectivity index (χ3v) is 1.45. The monoisotopic (exact) mass is 177 g/mol. The molecule has 0 aromatic heterocycles. The molecule has 0 aliphatic carbocycles. The highest BCUT2D eigenvalue weighted by Crippen LogP contribution is 1.94. The molecule has 74 valence electrons. The lowest BCUT2D eigenvalue weighted by Crippen LogP contribution is -2.47. The summed E-state index contributed by atoms with van der Waals surface area (Å²) in [7, 11) is 0. The lowest BCUT2D eigenvalue weighted by molar-refractivity contribution is -0.273. The molecule has 0 atom stereocenters. The zero-order chi connectivity index (χ0) is 9.40. The normalized spacial score (nSPS) is 11.5. The van der Waals surface area contributed by atoms with E-state index < -0.39 is 0 Å². The Bertz CT molecular complexity index is 104. The minimum Gasteiger partial charge on any atom is -0.772 e. The Balaban J connectivity index is 3.68. The van der Waals surface area contributed by atoms with E-state index in [0.717, 1.165) is 12.8 Å². The van der Waals surface area contributed by atoms with Crippen LogP contribution in [0.5, 0.6) is 0 Å². The van der Waals surface area contributed by atoms with Crippen molar-refractivity contribution in [3.8, 4) is 0 Å². The summed E-state index contributed by atoms with van der Waals surface area (Å²) in [6.45, 7) is 3.73. The van der Waals surface area contributed by atoms with E-state index in [4.69, 9.17) is 10.9 Å². The molecule has 6 nitrogen and oxygen atoms in total. The fourth-order valence-corrected chi connectivity index (χ4v) is 0.891. The van der Waals surface area contributed by atoms with E-state index in [2.05, 4.69) is 0 Å². The smallest absolute Gasteiger partial charge is 0.0181 e. The Labute approximate surface area is 72.4 Å². The first-order valence-corrected chi connectivity index (χ1v) is 4.08. The lowest BCUT2D eigenvalue weighted by atomic mass is 10.4. The summed E-state index contributed by atoms with van der Waals surface area (Å²) in [5.74, 6) is 0. The average Bonchev–Trinajstić information content (AvgIpc) is 2.11. The van der Waals surface area contributed by atoms with Gasteiger partial charge >= 0.3 is 0 Å². The zero-order valence-electron chi connectivity index (χ0n) is 7.36. The maximum absolute atomic E-state index is 10.1. The second kappa shape index (κ2) is 7.41. The van der Waals surface area contributed by atoms with Gasteiger partial charge in [0.25, 0.3) is 0 Å². The van der Waals surface area contributed by atoms with E-state index in [1.54, 1.807) is 0 Å². The molecule has 0 unspecified atom stereocenters. The van der Waals surface area contributed by atoms with E-state index in [0.29, 0.717) is 24.9 Å². The maximum Gasteiger partial charge on any atom is 0.0181 e. The number of nitrogens with two attached hydrogens (primary N) is 1. The topological polar surface area (TPSA) is 87.8 Å². The van der Waals surface area contributed by atoms with Crippen LogP contribution in [0.1, 0.15) is 19.8 Å². The average molecular weight is 177 g/mol. The van der Waals surface area contributed by atoms with Crippen LogP contribution < -0.4 is 11.3 Å². The number of nitrogens with one attached hydrogen (secondary N) is 1. The van der Waals surface area contributed by atoms with Crippen LogP contribution in [0.2, 0.25) is 0 Å². The highest BCUT2D eigenvalue weighted by Gasteiger charge is 2.07. The number of nitrogens with zero attached hydrogens (tertiary/aromatic N) is 2. The van der Waals surface area contributed by atoms with Crippen LogP contribution in [0.4, 0.5) is 0 Å². The Hall–Kier alpha value is -0.240. The fraction of sp³-hybridized carbons (Fsp3) is 1.00. The van der Waals surface area contributed by atoms with Gasteiger partial charge in [-0.05, 0) is 19.4 Å². The zero-order valence-corrected chi connectivity index (χ0v) is 7.36. The summed E-state index contributed by atoms with van der Waals surface area (Å²) >= 11 is 0. The van der Waals surface area contributed by atoms with Gasteiger partial charge in [-0.1, -0.05) is 12.2 Å². The van der Waals surface area contributed by atoms with Gasteiger partial charge in [0.05, 0.1) is 0 Å². The number of rotatable bonds is 7. The Morgan fingerprint density at radius 2 is 2.17 bits per heavy atom. The highest BCUT2D eigenvalue weighted by atomic mass is 16.7. The standard InChI is InChI=1S/C6H17N4O2/c1-2-5-9(6-3-4-7)10(12)8-11/h8,12H,2-7H2,1H3/q-1. The third-order valence-electron chi connectivity index (χ3n) is 1.45. The van der Waals surface area contributed by atoms with Gasteiger partial charge in [-0.2, -0.15) is 0 Å². The Morgan fingerprint density at radius 1 is 1.50 bits per heavy atom. The summed E-state index contributed by atoms with van der Waals surface area (Å²) in [4.78, 5) is 0. The van der Waals surface area contributed by atoms with Gasteiger partial charge in [0.15, 0.2) is 0 Å². The van der Waals surface area contributed by atoms with Gasteiger partial charge in [0.2, 0.25) is 0 Å². The first-order chi connectivity index (χ1) is 5.76. The maximum atomic E-state index is 10.1. The number of hydrazine groups is 2. The molecular formula is C6H17N4O2-. The van der Waals surface area contributed by atoms with E-state index in [9.17, 15) is 5.21 Å². The third kappa shape index (κ3) is 4.60. The van der Waals surface area contributed by atoms with Crippen molar-refractivity contribution >= 4 is 0 Å². The molecular weight excluding hydrogens is 160 g/mol. The molecule has 0 saturated carbocycles. The molecule has 0 saturated heterocycles. The molecule has 0 heterocycles. The molecule has 0 bridgehead atoms. The highest BCUT2D eigenvalue weighted by molar-refractivity contribution is 4.49. The summed E-state index contributed by atoms with van der Waals surface area (Å²) in [6, 6.07) is 0. The largest absolute Gasteiger partial charge is 0.772 e. The van der Waals surface area contributed by atoms with Crippen molar-refractivity contribution in [3.63, 3.8) is 0 Å².